The van der Waals surface area contributed by atoms with Crippen LogP contribution in [-0.2, 0) is 9.59 Å². The zero-order valence-electron chi connectivity index (χ0n) is 12.2. The van der Waals surface area contributed by atoms with E-state index in [9.17, 15) is 9.59 Å². The lowest BCUT2D eigenvalue weighted by Gasteiger charge is -2.37. The molecule has 0 N–H and O–H groups in total. The summed E-state index contributed by atoms with van der Waals surface area (Å²) in [7, 11) is 0. The van der Waals surface area contributed by atoms with E-state index < -0.39 is 0 Å². The van der Waals surface area contributed by atoms with Gasteiger partial charge >= 0.3 is 0 Å². The van der Waals surface area contributed by atoms with Crippen LogP contribution in [0.1, 0.15) is 12.0 Å². The van der Waals surface area contributed by atoms with Gasteiger partial charge in [-0.25, -0.2) is 4.90 Å². The summed E-state index contributed by atoms with van der Waals surface area (Å²) in [5, 5.41) is 0. The Morgan fingerprint density at radius 1 is 1.05 bits per heavy atom. The largest absolute Gasteiger partial charge is 0.274 e. The molecule has 1 aliphatic heterocycles. The van der Waals surface area contributed by atoms with E-state index in [-0.39, 0.29) is 35.5 Å². The topological polar surface area (TPSA) is 37.4 Å². The fourth-order valence-corrected chi connectivity index (χ4v) is 5.54. The third-order valence-corrected chi connectivity index (χ3v) is 6.56. The van der Waals surface area contributed by atoms with Crippen LogP contribution in [0.4, 0.5) is 5.69 Å². The minimum Gasteiger partial charge on any atom is -0.274 e. The Kier molecular flexibility index (Phi) is 2.44. The van der Waals surface area contributed by atoms with Crippen molar-refractivity contribution in [2.75, 3.05) is 4.90 Å². The Balaban J connectivity index is 1.60. The molecule has 0 spiro atoms. The van der Waals surface area contributed by atoms with Gasteiger partial charge in [0.15, 0.2) is 0 Å². The first-order valence-corrected chi connectivity index (χ1v) is 8.69. The van der Waals surface area contributed by atoms with E-state index in [0.717, 1.165) is 15.7 Å². The van der Waals surface area contributed by atoms with Crippen molar-refractivity contribution in [2.24, 2.45) is 35.5 Å². The molecule has 2 saturated carbocycles. The van der Waals surface area contributed by atoms with Gasteiger partial charge < -0.3 is 0 Å². The minimum absolute atomic E-state index is 0.0186. The summed E-state index contributed by atoms with van der Waals surface area (Å²) in [6.45, 7) is 1.95. The second-order valence-corrected chi connectivity index (χ2v) is 8.01. The summed E-state index contributed by atoms with van der Waals surface area (Å²) < 4.78 is 0.966. The van der Waals surface area contributed by atoms with E-state index in [1.165, 1.54) is 11.3 Å². The molecule has 0 unspecified atom stereocenters. The molecular weight excluding hydrogens is 342 g/mol. The summed E-state index contributed by atoms with van der Waals surface area (Å²) >= 11 is 3.44. The number of carbonyl (C=O) groups is 2. The average molecular weight is 358 g/mol. The molecule has 5 aliphatic rings. The zero-order valence-corrected chi connectivity index (χ0v) is 13.8. The lowest BCUT2D eigenvalue weighted by molar-refractivity contribution is -0.124. The van der Waals surface area contributed by atoms with Crippen molar-refractivity contribution >= 4 is 33.4 Å². The lowest BCUT2D eigenvalue weighted by Crippen LogP contribution is -2.40. The van der Waals surface area contributed by atoms with Crippen molar-refractivity contribution in [2.45, 2.75) is 13.3 Å². The molecule has 3 fully saturated rings. The molecule has 4 heteroatoms. The van der Waals surface area contributed by atoms with Gasteiger partial charge in [-0.3, -0.25) is 9.59 Å². The van der Waals surface area contributed by atoms with Crippen LogP contribution < -0.4 is 4.90 Å². The molecule has 6 atom stereocenters. The molecule has 6 rings (SSSR count). The van der Waals surface area contributed by atoms with Crippen molar-refractivity contribution in [1.29, 1.82) is 0 Å². The summed E-state index contributed by atoms with van der Waals surface area (Å²) in [5.74, 6) is 1.69. The molecule has 2 amide bonds. The Morgan fingerprint density at radius 3 is 2.18 bits per heavy atom. The third-order valence-electron chi connectivity index (χ3n) is 6.06. The van der Waals surface area contributed by atoms with E-state index in [0.29, 0.717) is 11.8 Å². The van der Waals surface area contributed by atoms with Crippen LogP contribution in [0.3, 0.4) is 0 Å². The van der Waals surface area contributed by atoms with Gasteiger partial charge in [0.05, 0.1) is 17.5 Å². The Hall–Kier alpha value is -1.42. The molecule has 0 aromatic heterocycles. The van der Waals surface area contributed by atoms with Gasteiger partial charge in [-0.05, 0) is 60.8 Å². The van der Waals surface area contributed by atoms with Crippen LogP contribution in [0.25, 0.3) is 0 Å². The first-order chi connectivity index (χ1) is 10.6. The number of imide groups is 1. The number of hydrogen-bond donors (Lipinski definition) is 0. The second kappa shape index (κ2) is 4.10. The van der Waals surface area contributed by atoms with Crippen LogP contribution in [0.2, 0.25) is 0 Å². The Bertz CT molecular complexity index is 719. The first-order valence-electron chi connectivity index (χ1n) is 7.90. The zero-order chi connectivity index (χ0) is 15.2. The predicted molar refractivity (Wildman–Crippen MR) is 86.1 cm³/mol. The van der Waals surface area contributed by atoms with Crippen molar-refractivity contribution in [3.63, 3.8) is 0 Å². The van der Waals surface area contributed by atoms with Gasteiger partial charge in [0.1, 0.15) is 0 Å². The van der Waals surface area contributed by atoms with Gasteiger partial charge in [-0.1, -0.05) is 28.1 Å². The third kappa shape index (κ3) is 1.47. The molecule has 22 heavy (non-hydrogen) atoms. The highest BCUT2D eigenvalue weighted by molar-refractivity contribution is 9.10. The van der Waals surface area contributed by atoms with Crippen LogP contribution in [0.15, 0.2) is 34.8 Å². The number of halogens is 1. The van der Waals surface area contributed by atoms with E-state index in [2.05, 4.69) is 28.1 Å². The van der Waals surface area contributed by atoms with Crippen LogP contribution in [0, 0.1) is 42.4 Å². The van der Waals surface area contributed by atoms with Crippen molar-refractivity contribution in [3.05, 3.63) is 40.4 Å². The van der Waals surface area contributed by atoms with Crippen molar-refractivity contribution < 1.29 is 9.59 Å². The van der Waals surface area contributed by atoms with Crippen LogP contribution in [-0.4, -0.2) is 11.8 Å². The standard InChI is InChI=1S/C18H16BrNO2/c1-8-6-9(19)2-5-14(8)20-17(21)15-10-3-4-11(13-7-12(10)13)16(15)18(20)22/h2-6,10-13,15-16H,7H2,1H3/t10-,11-,12-,13-,15-,16+/m0/s1. The average Bonchev–Trinajstić information content (AvgIpc) is 3.26. The highest BCUT2D eigenvalue weighted by Gasteiger charge is 2.67. The maximum Gasteiger partial charge on any atom is 0.238 e. The van der Waals surface area contributed by atoms with E-state index in [1.54, 1.807) is 0 Å². The summed E-state index contributed by atoms with van der Waals surface area (Å²) in [6, 6.07) is 5.74. The Labute approximate surface area is 137 Å². The monoisotopic (exact) mass is 357 g/mol. The highest BCUT2D eigenvalue weighted by Crippen LogP contribution is 2.65. The quantitative estimate of drug-likeness (QED) is 0.571. The Morgan fingerprint density at radius 2 is 1.64 bits per heavy atom. The second-order valence-electron chi connectivity index (χ2n) is 7.10. The van der Waals surface area contributed by atoms with E-state index in [1.807, 2.05) is 25.1 Å². The highest BCUT2D eigenvalue weighted by atomic mass is 79.9. The number of benzene rings is 1. The van der Waals surface area contributed by atoms with E-state index in [4.69, 9.17) is 0 Å². The summed E-state index contributed by atoms with van der Waals surface area (Å²) in [4.78, 5) is 27.5. The van der Waals surface area contributed by atoms with Gasteiger partial charge in [-0.15, -0.1) is 0 Å². The first kappa shape index (κ1) is 13.1. The summed E-state index contributed by atoms with van der Waals surface area (Å²) in [6.07, 6.45) is 5.62. The predicted octanol–water partition coefficient (Wildman–Crippen LogP) is 3.32. The van der Waals surface area contributed by atoms with Crippen molar-refractivity contribution in [1.82, 2.24) is 0 Å². The normalized spacial score (nSPS) is 40.9. The van der Waals surface area contributed by atoms with Gasteiger partial charge in [-0.2, -0.15) is 0 Å². The van der Waals surface area contributed by atoms with Crippen LogP contribution in [0.5, 0.6) is 0 Å². The molecule has 4 aliphatic carbocycles. The molecular formula is C18H16BrNO2. The number of hydrogen-bond acceptors (Lipinski definition) is 2. The molecule has 112 valence electrons. The fourth-order valence-electron chi connectivity index (χ4n) is 5.06. The van der Waals surface area contributed by atoms with E-state index >= 15 is 0 Å². The van der Waals surface area contributed by atoms with Gasteiger partial charge in [0.25, 0.3) is 0 Å². The number of amides is 2. The molecule has 1 aromatic rings. The van der Waals surface area contributed by atoms with Crippen molar-refractivity contribution in [3.8, 4) is 0 Å². The number of rotatable bonds is 1. The molecule has 0 radical (unpaired) electrons. The molecule has 1 saturated heterocycles. The SMILES string of the molecule is Cc1cc(Br)ccc1N1C(=O)[C@@H]2[C@H]3C=C[C@@H]([C@@H]4C[C@@H]34)[C@@H]2C1=O. The number of aryl methyl sites for hydroxylation is 1. The number of nitrogens with zero attached hydrogens (tertiary/aromatic N) is 1. The molecule has 3 nitrogen and oxygen atoms in total. The number of carbonyl (C=O) groups excluding carboxylic acids is 2. The molecule has 1 aromatic carbocycles. The number of allylic oxidation sites excluding steroid dienone is 2. The summed E-state index contributed by atoms with van der Waals surface area (Å²) in [5.41, 5.74) is 1.71. The smallest absolute Gasteiger partial charge is 0.238 e. The minimum atomic E-state index is -0.116. The molecule has 2 bridgehead atoms. The lowest BCUT2D eigenvalue weighted by atomic mass is 9.63. The van der Waals surface area contributed by atoms with Gasteiger partial charge in [0.2, 0.25) is 11.8 Å². The maximum atomic E-state index is 13.0. The fraction of sp³-hybridized carbons (Fsp3) is 0.444. The molecule has 1 heterocycles. The maximum absolute atomic E-state index is 13.0. The number of anilines is 1. The van der Waals surface area contributed by atoms with Gasteiger partial charge in [0, 0.05) is 4.47 Å². The van der Waals surface area contributed by atoms with Crippen LogP contribution >= 0.6 is 15.9 Å².